The minimum absolute atomic E-state index is 0.157. The lowest BCUT2D eigenvalue weighted by molar-refractivity contribution is 0.102. The maximum Gasteiger partial charge on any atom is 0.208 e. The van der Waals surface area contributed by atoms with Gasteiger partial charge in [-0.2, -0.15) is 0 Å². The Hall–Kier alpha value is -1.56. The molecule has 0 unspecified atom stereocenters. The summed E-state index contributed by atoms with van der Waals surface area (Å²) in [6, 6.07) is 2.62. The van der Waals surface area contributed by atoms with Crippen molar-refractivity contribution in [1.29, 1.82) is 0 Å². The van der Waals surface area contributed by atoms with E-state index >= 15 is 0 Å². The van der Waals surface area contributed by atoms with Crippen LogP contribution in [-0.4, -0.2) is 31.3 Å². The summed E-state index contributed by atoms with van der Waals surface area (Å²) >= 11 is 1.39. The summed E-state index contributed by atoms with van der Waals surface area (Å²) in [7, 11) is 0. The van der Waals surface area contributed by atoms with Crippen LogP contribution in [0.5, 0.6) is 0 Å². The number of carbonyl (C=O) groups excluding carboxylic acids is 1. The molecule has 0 aliphatic heterocycles. The molecule has 1 aliphatic rings. The van der Waals surface area contributed by atoms with E-state index < -0.39 is 0 Å². The van der Waals surface area contributed by atoms with Gasteiger partial charge in [0.2, 0.25) is 5.16 Å². The third-order valence-corrected chi connectivity index (χ3v) is 5.23. The molecule has 0 bridgehead atoms. The lowest BCUT2D eigenvalue weighted by Crippen LogP contribution is -2.10. The number of nitrogens with one attached hydrogen (secondary N) is 1. The van der Waals surface area contributed by atoms with Gasteiger partial charge >= 0.3 is 0 Å². The Morgan fingerprint density at radius 3 is 2.73 bits per heavy atom. The van der Waals surface area contributed by atoms with E-state index in [9.17, 15) is 4.79 Å². The van der Waals surface area contributed by atoms with E-state index in [-0.39, 0.29) is 5.78 Å². The van der Waals surface area contributed by atoms with E-state index in [1.165, 1.54) is 43.1 Å². The molecule has 118 valence electrons. The van der Waals surface area contributed by atoms with Crippen LogP contribution in [0.3, 0.4) is 0 Å². The van der Waals surface area contributed by atoms with Crippen molar-refractivity contribution in [3.05, 3.63) is 28.8 Å². The molecule has 1 saturated carbocycles. The number of aromatic amines is 1. The van der Waals surface area contributed by atoms with Crippen molar-refractivity contribution >= 4 is 17.5 Å². The van der Waals surface area contributed by atoms with Gasteiger partial charge in [-0.3, -0.25) is 9.89 Å². The van der Waals surface area contributed by atoms with Gasteiger partial charge in [0.1, 0.15) is 5.82 Å². The van der Waals surface area contributed by atoms with Gasteiger partial charge in [0.05, 0.1) is 5.75 Å². The fourth-order valence-corrected chi connectivity index (χ4v) is 4.11. The number of aryl methyl sites for hydroxylation is 2. The molecule has 0 saturated heterocycles. The first-order valence-corrected chi connectivity index (χ1v) is 8.78. The SMILES string of the molecule is Cc1nc(SCC(=O)c2cc(C)n(C3CCCC3)c2C)n[nH]1. The number of aromatic nitrogens is 4. The van der Waals surface area contributed by atoms with E-state index in [0.29, 0.717) is 17.0 Å². The van der Waals surface area contributed by atoms with E-state index in [1.54, 1.807) is 0 Å². The normalized spacial score (nSPS) is 15.6. The summed E-state index contributed by atoms with van der Waals surface area (Å²) in [4.78, 5) is 16.7. The molecular formula is C16H22N4OS. The minimum Gasteiger partial charge on any atom is -0.345 e. The molecule has 5 nitrogen and oxygen atoms in total. The predicted octanol–water partition coefficient (Wildman–Crippen LogP) is 3.62. The second-order valence-corrected chi connectivity index (χ2v) is 6.95. The van der Waals surface area contributed by atoms with E-state index in [2.05, 4.69) is 33.6 Å². The smallest absolute Gasteiger partial charge is 0.208 e. The van der Waals surface area contributed by atoms with Crippen LogP contribution < -0.4 is 0 Å². The van der Waals surface area contributed by atoms with Crippen molar-refractivity contribution in [3.63, 3.8) is 0 Å². The van der Waals surface area contributed by atoms with E-state index in [0.717, 1.165) is 17.1 Å². The number of hydrogen-bond donors (Lipinski definition) is 1. The van der Waals surface area contributed by atoms with Gasteiger partial charge in [0, 0.05) is 23.0 Å². The van der Waals surface area contributed by atoms with Crippen LogP contribution in [0.15, 0.2) is 11.2 Å². The first-order valence-electron chi connectivity index (χ1n) is 7.79. The zero-order chi connectivity index (χ0) is 15.7. The highest BCUT2D eigenvalue weighted by atomic mass is 32.2. The number of thioether (sulfide) groups is 1. The average molecular weight is 318 g/mol. The molecule has 0 amide bonds. The van der Waals surface area contributed by atoms with Gasteiger partial charge < -0.3 is 4.57 Å². The number of Topliss-reactive ketones (excluding diaryl/α,β-unsaturated/α-hetero) is 1. The molecular weight excluding hydrogens is 296 g/mol. The minimum atomic E-state index is 0.157. The standard InChI is InChI=1S/C16H22N4OS/c1-10-8-14(11(2)20(10)13-6-4-5-7-13)15(21)9-22-16-17-12(3)18-19-16/h8,13H,4-7,9H2,1-3H3,(H,17,18,19). The van der Waals surface area contributed by atoms with Gasteiger partial charge in [-0.25, -0.2) is 4.98 Å². The van der Waals surface area contributed by atoms with Crippen LogP contribution >= 0.6 is 11.8 Å². The molecule has 1 fully saturated rings. The monoisotopic (exact) mass is 318 g/mol. The summed E-state index contributed by atoms with van der Waals surface area (Å²) in [6.45, 7) is 6.03. The van der Waals surface area contributed by atoms with Gasteiger partial charge in [-0.15, -0.1) is 5.10 Å². The Morgan fingerprint density at radius 1 is 1.36 bits per heavy atom. The number of nitrogens with zero attached hydrogens (tertiary/aromatic N) is 3. The van der Waals surface area contributed by atoms with Crippen molar-refractivity contribution < 1.29 is 4.79 Å². The fraction of sp³-hybridized carbons (Fsp3) is 0.562. The van der Waals surface area contributed by atoms with Crippen LogP contribution in [-0.2, 0) is 0 Å². The molecule has 22 heavy (non-hydrogen) atoms. The van der Waals surface area contributed by atoms with Crippen LogP contribution in [0.25, 0.3) is 0 Å². The highest BCUT2D eigenvalue weighted by Crippen LogP contribution is 2.33. The van der Waals surface area contributed by atoms with Gasteiger partial charge in [0.15, 0.2) is 5.78 Å². The Morgan fingerprint density at radius 2 is 2.09 bits per heavy atom. The Kier molecular flexibility index (Phi) is 4.38. The van der Waals surface area contributed by atoms with Gasteiger partial charge in [-0.1, -0.05) is 24.6 Å². The Labute approximate surface area is 134 Å². The first-order chi connectivity index (χ1) is 10.6. The molecule has 2 heterocycles. The molecule has 3 rings (SSSR count). The number of carbonyl (C=O) groups is 1. The summed E-state index contributed by atoms with van der Waals surface area (Å²) in [6.07, 6.45) is 5.06. The molecule has 1 N–H and O–H groups in total. The highest BCUT2D eigenvalue weighted by molar-refractivity contribution is 7.99. The number of hydrogen-bond acceptors (Lipinski definition) is 4. The second-order valence-electron chi connectivity index (χ2n) is 6.01. The summed E-state index contributed by atoms with van der Waals surface area (Å²) in [5.41, 5.74) is 3.16. The molecule has 0 radical (unpaired) electrons. The van der Waals surface area contributed by atoms with Crippen molar-refractivity contribution in [1.82, 2.24) is 19.7 Å². The number of rotatable bonds is 5. The van der Waals surface area contributed by atoms with Gasteiger partial charge in [0.25, 0.3) is 0 Å². The van der Waals surface area contributed by atoms with E-state index in [4.69, 9.17) is 0 Å². The van der Waals surface area contributed by atoms with Crippen molar-refractivity contribution in [3.8, 4) is 0 Å². The maximum atomic E-state index is 12.5. The quantitative estimate of drug-likeness (QED) is 0.675. The highest BCUT2D eigenvalue weighted by Gasteiger charge is 2.23. The van der Waals surface area contributed by atoms with Crippen LogP contribution in [0.1, 0.15) is 59.3 Å². The average Bonchev–Trinajstić information content (AvgIpc) is 3.18. The summed E-state index contributed by atoms with van der Waals surface area (Å²) in [5, 5.41) is 7.49. The summed E-state index contributed by atoms with van der Waals surface area (Å²) < 4.78 is 2.36. The van der Waals surface area contributed by atoms with Crippen molar-refractivity contribution in [2.45, 2.75) is 57.7 Å². The topological polar surface area (TPSA) is 63.6 Å². The molecule has 0 spiro atoms. The van der Waals surface area contributed by atoms with Gasteiger partial charge in [-0.05, 0) is 39.7 Å². The molecule has 2 aromatic rings. The van der Waals surface area contributed by atoms with Crippen molar-refractivity contribution in [2.75, 3.05) is 5.75 Å². The van der Waals surface area contributed by atoms with Crippen LogP contribution in [0, 0.1) is 20.8 Å². The zero-order valence-electron chi connectivity index (χ0n) is 13.3. The van der Waals surface area contributed by atoms with E-state index in [1.807, 2.05) is 13.0 Å². The summed E-state index contributed by atoms with van der Waals surface area (Å²) in [5.74, 6) is 1.31. The second kappa shape index (κ2) is 6.28. The lowest BCUT2D eigenvalue weighted by Gasteiger charge is -2.17. The van der Waals surface area contributed by atoms with Crippen LogP contribution in [0.4, 0.5) is 0 Å². The largest absolute Gasteiger partial charge is 0.345 e. The molecule has 2 aromatic heterocycles. The van der Waals surface area contributed by atoms with Crippen molar-refractivity contribution in [2.24, 2.45) is 0 Å². The lowest BCUT2D eigenvalue weighted by atomic mass is 10.2. The molecule has 0 atom stereocenters. The molecule has 1 aliphatic carbocycles. The number of H-pyrrole nitrogens is 1. The Balaban J connectivity index is 1.73. The molecule has 0 aromatic carbocycles. The van der Waals surface area contributed by atoms with Crippen LogP contribution in [0.2, 0.25) is 0 Å². The Bertz CT molecular complexity index is 682. The molecule has 6 heteroatoms. The zero-order valence-corrected chi connectivity index (χ0v) is 14.2. The third kappa shape index (κ3) is 2.97. The maximum absolute atomic E-state index is 12.5. The predicted molar refractivity (Wildman–Crippen MR) is 87.6 cm³/mol. The third-order valence-electron chi connectivity index (χ3n) is 4.38. The fourth-order valence-electron chi connectivity index (χ4n) is 3.38. The number of ketones is 1. The first kappa shape index (κ1) is 15.3.